The van der Waals surface area contributed by atoms with Crippen molar-refractivity contribution in [1.82, 2.24) is 5.32 Å². The van der Waals surface area contributed by atoms with Crippen molar-refractivity contribution < 1.29 is 22.7 Å². The molecule has 0 aliphatic heterocycles. The van der Waals surface area contributed by atoms with Gasteiger partial charge in [0.1, 0.15) is 5.75 Å². The lowest BCUT2D eigenvalue weighted by Gasteiger charge is -2.12. The number of alkyl halides is 3. The summed E-state index contributed by atoms with van der Waals surface area (Å²) in [6, 6.07) is 5.29. The van der Waals surface area contributed by atoms with E-state index in [0.717, 1.165) is 6.07 Å². The molecule has 0 unspecified atom stereocenters. The standard InChI is InChI=1S/C11H12F3NO2/c1-2-15-7-9(16)8-5-3-4-6-10(8)17-11(12,13)14/h3-6,15H,2,7H2,1H3. The zero-order chi connectivity index (χ0) is 12.9. The van der Waals surface area contributed by atoms with Crippen LogP contribution < -0.4 is 10.1 Å². The molecule has 0 aliphatic rings. The molecule has 0 saturated heterocycles. The monoisotopic (exact) mass is 247 g/mol. The number of nitrogens with one attached hydrogen (secondary N) is 1. The number of Topliss-reactive ketones (excluding diaryl/α,β-unsaturated/α-hetero) is 1. The lowest BCUT2D eigenvalue weighted by Crippen LogP contribution is -2.24. The topological polar surface area (TPSA) is 38.3 Å². The van der Waals surface area contributed by atoms with Crippen LogP contribution in [0.4, 0.5) is 13.2 Å². The van der Waals surface area contributed by atoms with E-state index in [2.05, 4.69) is 10.1 Å². The molecule has 1 aromatic carbocycles. The highest BCUT2D eigenvalue weighted by atomic mass is 19.4. The van der Waals surface area contributed by atoms with Gasteiger partial charge in [-0.15, -0.1) is 13.2 Å². The minimum absolute atomic E-state index is 0.0191. The third kappa shape index (κ3) is 4.44. The Hall–Kier alpha value is -1.56. The van der Waals surface area contributed by atoms with Gasteiger partial charge in [-0.3, -0.25) is 4.79 Å². The van der Waals surface area contributed by atoms with Crippen LogP contribution in [-0.2, 0) is 0 Å². The Bertz CT molecular complexity index is 391. The Kier molecular flexibility index (Phi) is 4.51. The van der Waals surface area contributed by atoms with E-state index in [-0.39, 0.29) is 12.1 Å². The van der Waals surface area contributed by atoms with Gasteiger partial charge in [-0.1, -0.05) is 19.1 Å². The molecule has 0 amide bonds. The Morgan fingerprint density at radius 2 is 2.00 bits per heavy atom. The molecule has 0 bridgehead atoms. The van der Waals surface area contributed by atoms with Crippen molar-refractivity contribution in [3.63, 3.8) is 0 Å². The van der Waals surface area contributed by atoms with Crippen LogP contribution in [-0.4, -0.2) is 25.2 Å². The van der Waals surface area contributed by atoms with E-state index >= 15 is 0 Å². The second-order valence-corrected chi connectivity index (χ2v) is 3.25. The molecule has 1 N–H and O–H groups in total. The molecule has 94 valence electrons. The zero-order valence-corrected chi connectivity index (χ0v) is 9.17. The first-order valence-electron chi connectivity index (χ1n) is 5.02. The van der Waals surface area contributed by atoms with Gasteiger partial charge in [0.25, 0.3) is 0 Å². The molecule has 0 heterocycles. The number of rotatable bonds is 5. The lowest BCUT2D eigenvalue weighted by molar-refractivity contribution is -0.274. The first kappa shape index (κ1) is 13.5. The fourth-order valence-corrected chi connectivity index (χ4v) is 1.24. The van der Waals surface area contributed by atoms with Gasteiger partial charge in [0, 0.05) is 0 Å². The Morgan fingerprint density at radius 1 is 1.35 bits per heavy atom. The second-order valence-electron chi connectivity index (χ2n) is 3.25. The molecule has 1 rings (SSSR count). The summed E-state index contributed by atoms with van der Waals surface area (Å²) in [5.41, 5.74) is -0.0780. The summed E-state index contributed by atoms with van der Waals surface area (Å²) >= 11 is 0. The summed E-state index contributed by atoms with van der Waals surface area (Å²) in [5, 5.41) is 2.75. The van der Waals surface area contributed by atoms with Crippen molar-refractivity contribution in [2.24, 2.45) is 0 Å². The van der Waals surface area contributed by atoms with Gasteiger partial charge >= 0.3 is 6.36 Å². The van der Waals surface area contributed by atoms with Crippen LogP contribution in [0.25, 0.3) is 0 Å². The first-order valence-corrected chi connectivity index (χ1v) is 5.02. The van der Waals surface area contributed by atoms with Crippen molar-refractivity contribution in [3.8, 4) is 5.75 Å². The minimum atomic E-state index is -4.80. The number of likely N-dealkylation sites (N-methyl/N-ethyl adjacent to an activating group) is 1. The Balaban J connectivity index is 2.88. The van der Waals surface area contributed by atoms with E-state index < -0.39 is 17.9 Å². The molecule has 0 fully saturated rings. The fraction of sp³-hybridized carbons (Fsp3) is 0.364. The van der Waals surface area contributed by atoms with E-state index in [9.17, 15) is 18.0 Å². The van der Waals surface area contributed by atoms with Gasteiger partial charge in [-0.2, -0.15) is 0 Å². The van der Waals surface area contributed by atoms with Crippen LogP contribution in [0.5, 0.6) is 5.75 Å². The van der Waals surface area contributed by atoms with E-state index in [1.807, 2.05) is 0 Å². The van der Waals surface area contributed by atoms with Gasteiger partial charge in [0.2, 0.25) is 0 Å². The van der Waals surface area contributed by atoms with Crippen LogP contribution in [0.2, 0.25) is 0 Å². The summed E-state index contributed by atoms with van der Waals surface area (Å²) in [6.07, 6.45) is -4.80. The molecule has 0 spiro atoms. The van der Waals surface area contributed by atoms with Crippen LogP contribution >= 0.6 is 0 Å². The number of ether oxygens (including phenoxy) is 1. The molecule has 0 aliphatic carbocycles. The molecule has 6 heteroatoms. The number of benzene rings is 1. The summed E-state index contributed by atoms with van der Waals surface area (Å²) in [5.74, 6) is -0.908. The number of para-hydroxylation sites is 1. The van der Waals surface area contributed by atoms with Crippen molar-refractivity contribution in [2.45, 2.75) is 13.3 Å². The number of halogens is 3. The molecular weight excluding hydrogens is 235 g/mol. The van der Waals surface area contributed by atoms with Gasteiger partial charge in [0.05, 0.1) is 12.1 Å². The first-order chi connectivity index (χ1) is 7.94. The van der Waals surface area contributed by atoms with Crippen molar-refractivity contribution in [1.29, 1.82) is 0 Å². The Labute approximate surface area is 96.6 Å². The number of carbonyl (C=O) groups is 1. The highest BCUT2D eigenvalue weighted by molar-refractivity contribution is 6.00. The van der Waals surface area contributed by atoms with Crippen LogP contribution in [0, 0.1) is 0 Å². The van der Waals surface area contributed by atoms with Crippen molar-refractivity contribution >= 4 is 5.78 Å². The van der Waals surface area contributed by atoms with Crippen molar-refractivity contribution in [3.05, 3.63) is 29.8 Å². The molecule has 1 aromatic rings. The summed E-state index contributed by atoms with van der Waals surface area (Å²) in [4.78, 5) is 11.6. The highest BCUT2D eigenvalue weighted by Crippen LogP contribution is 2.26. The lowest BCUT2D eigenvalue weighted by atomic mass is 10.1. The number of carbonyl (C=O) groups excluding carboxylic acids is 1. The minimum Gasteiger partial charge on any atom is -0.405 e. The molecule has 0 saturated carbocycles. The van der Waals surface area contributed by atoms with Gasteiger partial charge < -0.3 is 10.1 Å². The zero-order valence-electron chi connectivity index (χ0n) is 9.17. The average Bonchev–Trinajstić information content (AvgIpc) is 2.24. The molecule has 0 radical (unpaired) electrons. The highest BCUT2D eigenvalue weighted by Gasteiger charge is 2.32. The fourth-order valence-electron chi connectivity index (χ4n) is 1.24. The largest absolute Gasteiger partial charge is 0.573 e. The molecule has 3 nitrogen and oxygen atoms in total. The molecule has 0 aromatic heterocycles. The summed E-state index contributed by atoms with van der Waals surface area (Å²) < 4.78 is 40.0. The normalized spacial score (nSPS) is 11.3. The van der Waals surface area contributed by atoms with Gasteiger partial charge in [0.15, 0.2) is 5.78 Å². The molecular formula is C11H12F3NO2. The summed E-state index contributed by atoms with van der Waals surface area (Å²) in [7, 11) is 0. The SMILES string of the molecule is CCNCC(=O)c1ccccc1OC(F)(F)F. The number of ketones is 1. The van der Waals surface area contributed by atoms with Crippen LogP contribution in [0.3, 0.4) is 0 Å². The third-order valence-corrected chi connectivity index (χ3v) is 1.95. The predicted molar refractivity (Wildman–Crippen MR) is 56.0 cm³/mol. The van der Waals surface area contributed by atoms with Crippen LogP contribution in [0.1, 0.15) is 17.3 Å². The maximum atomic E-state index is 12.1. The average molecular weight is 247 g/mol. The predicted octanol–water partition coefficient (Wildman–Crippen LogP) is 2.38. The number of hydrogen-bond donors (Lipinski definition) is 1. The van der Waals surface area contributed by atoms with E-state index in [1.54, 1.807) is 6.92 Å². The molecule has 17 heavy (non-hydrogen) atoms. The van der Waals surface area contributed by atoms with Crippen molar-refractivity contribution in [2.75, 3.05) is 13.1 Å². The summed E-state index contributed by atoms with van der Waals surface area (Å²) in [6.45, 7) is 2.34. The van der Waals surface area contributed by atoms with E-state index in [4.69, 9.17) is 0 Å². The third-order valence-electron chi connectivity index (χ3n) is 1.95. The maximum absolute atomic E-state index is 12.1. The van der Waals surface area contributed by atoms with Gasteiger partial charge in [-0.05, 0) is 18.7 Å². The van der Waals surface area contributed by atoms with E-state index in [1.165, 1.54) is 18.2 Å². The van der Waals surface area contributed by atoms with E-state index in [0.29, 0.717) is 6.54 Å². The smallest absolute Gasteiger partial charge is 0.405 e. The van der Waals surface area contributed by atoms with Gasteiger partial charge in [-0.25, -0.2) is 0 Å². The van der Waals surface area contributed by atoms with Crippen LogP contribution in [0.15, 0.2) is 24.3 Å². The Morgan fingerprint density at radius 3 is 2.59 bits per heavy atom. The second kappa shape index (κ2) is 5.67. The number of hydrogen-bond acceptors (Lipinski definition) is 3. The molecule has 0 atom stereocenters. The quantitative estimate of drug-likeness (QED) is 0.812. The maximum Gasteiger partial charge on any atom is 0.573 e.